The summed E-state index contributed by atoms with van der Waals surface area (Å²) in [6.07, 6.45) is 0. The van der Waals surface area contributed by atoms with E-state index in [1.807, 2.05) is 0 Å². The van der Waals surface area contributed by atoms with E-state index in [1.54, 1.807) is 54.6 Å². The third-order valence-corrected chi connectivity index (χ3v) is 3.47. The molecule has 2 aromatic rings. The quantitative estimate of drug-likeness (QED) is 0.823. The number of carbonyl (C=O) groups is 2. The van der Waals surface area contributed by atoms with Crippen molar-refractivity contribution in [1.29, 1.82) is 0 Å². The molecular weight excluding hydrogens is 318 g/mol. The summed E-state index contributed by atoms with van der Waals surface area (Å²) in [4.78, 5) is 29.2. The van der Waals surface area contributed by atoms with Crippen molar-refractivity contribution >= 4 is 23.5 Å². The largest absolute Gasteiger partial charge is 0.480 e. The summed E-state index contributed by atoms with van der Waals surface area (Å²) in [7, 11) is 0. The van der Waals surface area contributed by atoms with Gasteiger partial charge in [0, 0.05) is 10.6 Å². The molecule has 0 bridgehead atoms. The van der Waals surface area contributed by atoms with Crippen LogP contribution in [0.4, 0.5) is 0 Å². The highest BCUT2D eigenvalue weighted by molar-refractivity contribution is 6.30. The minimum atomic E-state index is -1.15. The van der Waals surface area contributed by atoms with E-state index in [9.17, 15) is 14.7 Å². The molecule has 1 atom stereocenters. The molecular formula is C17H16ClNO4. The van der Waals surface area contributed by atoms with Gasteiger partial charge in [-0.25, -0.2) is 9.86 Å². The molecule has 0 aliphatic rings. The molecule has 23 heavy (non-hydrogen) atoms. The van der Waals surface area contributed by atoms with Crippen LogP contribution >= 0.6 is 11.6 Å². The average Bonchev–Trinajstić information content (AvgIpc) is 2.57. The molecule has 2 rings (SSSR count). The van der Waals surface area contributed by atoms with Crippen LogP contribution in [0.5, 0.6) is 0 Å². The van der Waals surface area contributed by atoms with Gasteiger partial charge in [-0.05, 0) is 36.8 Å². The number of amides is 1. The number of halogens is 1. The van der Waals surface area contributed by atoms with Gasteiger partial charge in [0.05, 0.1) is 0 Å². The highest BCUT2D eigenvalue weighted by atomic mass is 35.5. The maximum Gasteiger partial charge on any atom is 0.328 e. The van der Waals surface area contributed by atoms with Gasteiger partial charge in [-0.1, -0.05) is 41.9 Å². The first-order valence-electron chi connectivity index (χ1n) is 6.98. The lowest BCUT2D eigenvalue weighted by Gasteiger charge is -2.25. The predicted octanol–water partition coefficient (Wildman–Crippen LogP) is 3.39. The van der Waals surface area contributed by atoms with Crippen LogP contribution in [0.25, 0.3) is 0 Å². The topological polar surface area (TPSA) is 66.8 Å². The highest BCUT2D eigenvalue weighted by Gasteiger charge is 2.27. The lowest BCUT2D eigenvalue weighted by molar-refractivity contribution is -0.178. The number of carboxylic acid groups (broad SMARTS) is 1. The van der Waals surface area contributed by atoms with E-state index in [0.717, 1.165) is 10.6 Å². The minimum Gasteiger partial charge on any atom is -0.480 e. The zero-order valence-corrected chi connectivity index (χ0v) is 13.2. The number of nitrogens with zero attached hydrogens (tertiary/aromatic N) is 1. The number of hydrogen-bond acceptors (Lipinski definition) is 3. The molecule has 6 heteroatoms. The van der Waals surface area contributed by atoms with Crippen LogP contribution in [-0.4, -0.2) is 28.1 Å². The Morgan fingerprint density at radius 3 is 2.30 bits per heavy atom. The zero-order chi connectivity index (χ0) is 16.8. The normalized spacial score (nSPS) is 11.7. The first kappa shape index (κ1) is 17.0. The molecule has 120 valence electrons. The number of hydroxylamine groups is 2. The Hall–Kier alpha value is -2.37. The fourth-order valence-electron chi connectivity index (χ4n) is 1.88. The average molecular weight is 334 g/mol. The Balaban J connectivity index is 2.15. The molecule has 0 aliphatic carbocycles. The first-order chi connectivity index (χ1) is 11.0. The summed E-state index contributed by atoms with van der Waals surface area (Å²) in [6, 6.07) is 14.2. The number of aliphatic carboxylic acids is 1. The monoisotopic (exact) mass is 333 g/mol. The zero-order valence-electron chi connectivity index (χ0n) is 12.5. The SMILES string of the molecule is CC(C(=O)O)N(OCc1ccc(Cl)cc1)C(=O)c1ccccc1. The molecule has 0 heterocycles. The molecule has 2 aromatic carbocycles. The van der Waals surface area contributed by atoms with Crippen molar-refractivity contribution in [1.82, 2.24) is 5.06 Å². The standard InChI is InChI=1S/C17H16ClNO4/c1-12(17(21)22)19(16(20)14-5-3-2-4-6-14)23-11-13-7-9-15(18)10-8-13/h2-10,12H,11H2,1H3,(H,21,22). The number of carbonyl (C=O) groups excluding carboxylic acids is 1. The van der Waals surface area contributed by atoms with Crippen LogP contribution in [0.15, 0.2) is 54.6 Å². The molecule has 1 N–H and O–H groups in total. The fraction of sp³-hybridized carbons (Fsp3) is 0.176. The van der Waals surface area contributed by atoms with E-state index in [-0.39, 0.29) is 6.61 Å². The third-order valence-electron chi connectivity index (χ3n) is 3.21. The summed E-state index contributed by atoms with van der Waals surface area (Å²) in [6.45, 7) is 1.46. The smallest absolute Gasteiger partial charge is 0.328 e. The van der Waals surface area contributed by atoms with Gasteiger partial charge in [-0.15, -0.1) is 0 Å². The van der Waals surface area contributed by atoms with Crippen molar-refractivity contribution in [2.45, 2.75) is 19.6 Å². The maximum absolute atomic E-state index is 12.5. The van der Waals surface area contributed by atoms with Crippen molar-refractivity contribution in [3.05, 3.63) is 70.7 Å². The lowest BCUT2D eigenvalue weighted by Crippen LogP contribution is -2.43. The van der Waals surface area contributed by atoms with Gasteiger partial charge in [0.1, 0.15) is 6.61 Å². The van der Waals surface area contributed by atoms with E-state index >= 15 is 0 Å². The Morgan fingerprint density at radius 2 is 1.74 bits per heavy atom. The fourth-order valence-corrected chi connectivity index (χ4v) is 2.01. The van der Waals surface area contributed by atoms with Crippen molar-refractivity contribution < 1.29 is 19.5 Å². The second kappa shape index (κ2) is 7.76. The predicted molar refractivity (Wildman–Crippen MR) is 86.0 cm³/mol. The van der Waals surface area contributed by atoms with Crippen LogP contribution in [0.1, 0.15) is 22.8 Å². The molecule has 0 saturated carbocycles. The number of carboxylic acids is 1. The van der Waals surface area contributed by atoms with Gasteiger partial charge in [0.15, 0.2) is 6.04 Å². The third kappa shape index (κ3) is 4.55. The van der Waals surface area contributed by atoms with Crippen molar-refractivity contribution in [2.75, 3.05) is 0 Å². The molecule has 0 fully saturated rings. The summed E-state index contributed by atoms with van der Waals surface area (Å²) < 4.78 is 0. The van der Waals surface area contributed by atoms with E-state index in [2.05, 4.69) is 0 Å². The summed E-state index contributed by atoms with van der Waals surface area (Å²) in [5.74, 6) is -1.65. The Kier molecular flexibility index (Phi) is 5.73. The van der Waals surface area contributed by atoms with Crippen LogP contribution < -0.4 is 0 Å². The molecule has 5 nitrogen and oxygen atoms in total. The van der Waals surface area contributed by atoms with Gasteiger partial charge in [-0.3, -0.25) is 9.63 Å². The van der Waals surface area contributed by atoms with Crippen molar-refractivity contribution in [3.8, 4) is 0 Å². The van der Waals surface area contributed by atoms with Gasteiger partial charge in [-0.2, -0.15) is 0 Å². The number of benzene rings is 2. The van der Waals surface area contributed by atoms with E-state index in [1.165, 1.54) is 6.92 Å². The maximum atomic E-state index is 12.5. The molecule has 0 spiro atoms. The molecule has 0 aliphatic heterocycles. The Labute approximate surface area is 139 Å². The minimum absolute atomic E-state index is 0.0629. The summed E-state index contributed by atoms with van der Waals surface area (Å²) >= 11 is 5.81. The van der Waals surface area contributed by atoms with Crippen LogP contribution in [0, 0.1) is 0 Å². The second-order valence-corrected chi connectivity index (χ2v) is 5.35. The van der Waals surface area contributed by atoms with Gasteiger partial charge in [0.2, 0.25) is 0 Å². The van der Waals surface area contributed by atoms with Gasteiger partial charge < -0.3 is 5.11 Å². The highest BCUT2D eigenvalue weighted by Crippen LogP contribution is 2.14. The number of rotatable bonds is 6. The van der Waals surface area contributed by atoms with Gasteiger partial charge in [0.25, 0.3) is 5.91 Å². The second-order valence-electron chi connectivity index (χ2n) is 4.91. The molecule has 0 aromatic heterocycles. The van der Waals surface area contributed by atoms with E-state index < -0.39 is 17.9 Å². The van der Waals surface area contributed by atoms with Crippen molar-refractivity contribution in [3.63, 3.8) is 0 Å². The van der Waals surface area contributed by atoms with Crippen molar-refractivity contribution in [2.24, 2.45) is 0 Å². The Morgan fingerprint density at radius 1 is 1.13 bits per heavy atom. The van der Waals surface area contributed by atoms with Crippen LogP contribution in [-0.2, 0) is 16.2 Å². The molecule has 0 saturated heterocycles. The summed E-state index contributed by atoms with van der Waals surface area (Å²) in [5, 5.41) is 10.7. The van der Waals surface area contributed by atoms with E-state index in [4.69, 9.17) is 16.4 Å². The molecule has 1 amide bonds. The number of hydrogen-bond donors (Lipinski definition) is 1. The first-order valence-corrected chi connectivity index (χ1v) is 7.35. The lowest BCUT2D eigenvalue weighted by atomic mass is 10.2. The van der Waals surface area contributed by atoms with E-state index in [0.29, 0.717) is 10.6 Å². The van der Waals surface area contributed by atoms with Crippen LogP contribution in [0.3, 0.4) is 0 Å². The molecule has 1 unspecified atom stereocenters. The van der Waals surface area contributed by atoms with Crippen LogP contribution in [0.2, 0.25) is 5.02 Å². The van der Waals surface area contributed by atoms with Gasteiger partial charge >= 0.3 is 5.97 Å². The summed E-state index contributed by atoms with van der Waals surface area (Å²) in [5.41, 5.74) is 1.13. The molecule has 0 radical (unpaired) electrons. The Bertz CT molecular complexity index is 673.